The Labute approximate surface area is 281 Å². The van der Waals surface area contributed by atoms with Gasteiger partial charge < -0.3 is 19.5 Å². The van der Waals surface area contributed by atoms with E-state index in [1.54, 1.807) is 18.2 Å². The Hall–Kier alpha value is -4.62. The summed E-state index contributed by atoms with van der Waals surface area (Å²) in [4.78, 5) is 7.28. The SMILES string of the molecule is C=C/C=C\C(=C/CCN(C/C=C(/NC(=NCCCC)c1ccccc1)c1ccc(F)cc1)Cc1ccc2c(c1)OCO2)OCC.CC. The molecule has 0 bridgehead atoms. The van der Waals surface area contributed by atoms with Crippen molar-refractivity contribution in [2.45, 2.75) is 53.5 Å². The number of amidine groups is 1. The second-order valence-electron chi connectivity index (χ2n) is 10.5. The van der Waals surface area contributed by atoms with Crippen molar-refractivity contribution in [2.75, 3.05) is 33.0 Å². The molecule has 0 radical (unpaired) electrons. The van der Waals surface area contributed by atoms with Gasteiger partial charge in [0.2, 0.25) is 6.79 Å². The zero-order valence-corrected chi connectivity index (χ0v) is 28.4. The Morgan fingerprint density at radius 2 is 1.74 bits per heavy atom. The summed E-state index contributed by atoms with van der Waals surface area (Å²) in [7, 11) is 0. The van der Waals surface area contributed by atoms with E-state index in [-0.39, 0.29) is 12.6 Å². The fourth-order valence-corrected chi connectivity index (χ4v) is 4.79. The number of aliphatic imine (C=N–C) groups is 1. The van der Waals surface area contributed by atoms with Gasteiger partial charge in [-0.3, -0.25) is 9.89 Å². The molecule has 1 heterocycles. The lowest BCUT2D eigenvalue weighted by molar-refractivity contribution is 0.174. The molecule has 6 nitrogen and oxygen atoms in total. The van der Waals surface area contributed by atoms with Crippen molar-refractivity contribution in [3.8, 4) is 11.5 Å². The van der Waals surface area contributed by atoms with E-state index in [0.29, 0.717) is 19.7 Å². The summed E-state index contributed by atoms with van der Waals surface area (Å²) < 4.78 is 30.9. The first-order valence-electron chi connectivity index (χ1n) is 16.7. The van der Waals surface area contributed by atoms with E-state index < -0.39 is 0 Å². The highest BCUT2D eigenvalue weighted by atomic mass is 19.1. The lowest BCUT2D eigenvalue weighted by atomic mass is 10.1. The number of nitrogens with zero attached hydrogens (tertiary/aromatic N) is 2. The molecule has 4 rings (SSSR count). The molecule has 0 aliphatic carbocycles. The maximum absolute atomic E-state index is 14.0. The van der Waals surface area contributed by atoms with Crippen molar-refractivity contribution in [2.24, 2.45) is 4.99 Å². The number of fused-ring (bicyclic) bond motifs is 1. The number of allylic oxidation sites excluding steroid dienone is 3. The number of unbranched alkanes of at least 4 members (excludes halogenated alkanes) is 1. The molecular formula is C40H50FN3O3. The molecular weight excluding hydrogens is 589 g/mol. The van der Waals surface area contributed by atoms with E-state index in [2.05, 4.69) is 54.1 Å². The smallest absolute Gasteiger partial charge is 0.231 e. The highest BCUT2D eigenvalue weighted by Gasteiger charge is 2.15. The molecule has 1 N–H and O–H groups in total. The predicted octanol–water partition coefficient (Wildman–Crippen LogP) is 9.31. The molecule has 47 heavy (non-hydrogen) atoms. The van der Waals surface area contributed by atoms with Crippen LogP contribution in [0.3, 0.4) is 0 Å². The van der Waals surface area contributed by atoms with Crippen LogP contribution in [0.2, 0.25) is 0 Å². The van der Waals surface area contributed by atoms with Crippen LogP contribution in [-0.4, -0.2) is 43.8 Å². The highest BCUT2D eigenvalue weighted by Crippen LogP contribution is 2.33. The molecule has 0 unspecified atom stereocenters. The van der Waals surface area contributed by atoms with Gasteiger partial charge in [0.15, 0.2) is 11.5 Å². The second kappa shape index (κ2) is 21.2. The van der Waals surface area contributed by atoms with Crippen molar-refractivity contribution >= 4 is 11.5 Å². The van der Waals surface area contributed by atoms with E-state index >= 15 is 0 Å². The van der Waals surface area contributed by atoms with Gasteiger partial charge in [0.25, 0.3) is 0 Å². The standard InChI is InChI=1S/C38H44FN3O3.C2H6/c1-4-7-15-34(43-6-3)16-12-25-42(28-30-17-22-36-37(27-30)45-29-44-36)26-23-35(31-18-20-33(39)21-19-31)41-38(40-24-8-5-2)32-13-10-9-11-14-32;1-2/h4,7,9-11,13-23,27H,1,5-6,8,12,24-26,28-29H2,2-3H3,(H,40,41);1-2H3/b15-7-,34-16+,35-23+;. The Bertz CT molecular complexity index is 1480. The van der Waals surface area contributed by atoms with Crippen LogP contribution in [0.15, 0.2) is 121 Å². The summed E-state index contributed by atoms with van der Waals surface area (Å²) in [5, 5.41) is 3.61. The average Bonchev–Trinajstić information content (AvgIpc) is 3.58. The first-order valence-corrected chi connectivity index (χ1v) is 16.7. The maximum Gasteiger partial charge on any atom is 0.231 e. The predicted molar refractivity (Wildman–Crippen MR) is 193 cm³/mol. The largest absolute Gasteiger partial charge is 0.494 e. The number of nitrogens with one attached hydrogen (secondary N) is 1. The van der Waals surface area contributed by atoms with Gasteiger partial charge in [0.05, 0.1) is 6.61 Å². The summed E-state index contributed by atoms with van der Waals surface area (Å²) in [6.07, 6.45) is 12.6. The van der Waals surface area contributed by atoms with Gasteiger partial charge >= 0.3 is 0 Å². The van der Waals surface area contributed by atoms with Crippen LogP contribution >= 0.6 is 0 Å². The van der Waals surface area contributed by atoms with Crippen LogP contribution in [0.4, 0.5) is 4.39 Å². The third kappa shape index (κ3) is 12.6. The first-order chi connectivity index (χ1) is 23.1. The third-order valence-corrected chi connectivity index (χ3v) is 7.13. The van der Waals surface area contributed by atoms with Crippen LogP contribution in [-0.2, 0) is 11.3 Å². The van der Waals surface area contributed by atoms with Gasteiger partial charge in [0.1, 0.15) is 17.4 Å². The Kier molecular flexibility index (Phi) is 16.6. The fourth-order valence-electron chi connectivity index (χ4n) is 4.79. The molecule has 0 saturated heterocycles. The summed E-state index contributed by atoms with van der Waals surface area (Å²) in [6, 6.07) is 22.8. The molecule has 0 amide bonds. The second-order valence-corrected chi connectivity index (χ2v) is 10.5. The molecule has 3 aromatic rings. The van der Waals surface area contributed by atoms with Crippen molar-refractivity contribution in [1.29, 1.82) is 0 Å². The van der Waals surface area contributed by atoms with Crippen LogP contribution in [0.25, 0.3) is 5.70 Å². The summed E-state index contributed by atoms with van der Waals surface area (Å²) in [5.41, 5.74) is 3.87. The molecule has 0 aromatic heterocycles. The van der Waals surface area contributed by atoms with Crippen LogP contribution in [0.1, 0.15) is 63.6 Å². The molecule has 3 aromatic carbocycles. The third-order valence-electron chi connectivity index (χ3n) is 7.13. The van der Waals surface area contributed by atoms with E-state index in [1.807, 2.05) is 63.3 Å². The zero-order chi connectivity index (χ0) is 33.7. The van der Waals surface area contributed by atoms with Crippen LogP contribution < -0.4 is 14.8 Å². The monoisotopic (exact) mass is 639 g/mol. The fraction of sp³-hybridized carbons (Fsp3) is 0.325. The minimum absolute atomic E-state index is 0.241. The van der Waals surface area contributed by atoms with Crippen LogP contribution in [0.5, 0.6) is 11.5 Å². The lowest BCUT2D eigenvalue weighted by Crippen LogP contribution is -2.27. The van der Waals surface area contributed by atoms with E-state index in [4.69, 9.17) is 19.2 Å². The topological polar surface area (TPSA) is 55.3 Å². The van der Waals surface area contributed by atoms with Gasteiger partial charge in [-0.15, -0.1) is 0 Å². The Balaban J connectivity index is 0.00000294. The first kappa shape index (κ1) is 36.8. The molecule has 0 spiro atoms. The molecule has 1 aliphatic rings. The van der Waals surface area contributed by atoms with Crippen molar-refractivity contribution in [1.82, 2.24) is 10.2 Å². The van der Waals surface area contributed by atoms with Crippen molar-refractivity contribution in [3.05, 3.63) is 138 Å². The normalized spacial score (nSPS) is 13.0. The number of rotatable bonds is 17. The summed E-state index contributed by atoms with van der Waals surface area (Å²) in [5.74, 6) is 2.87. The molecule has 0 saturated carbocycles. The molecule has 0 fully saturated rings. The van der Waals surface area contributed by atoms with Crippen molar-refractivity contribution in [3.63, 3.8) is 0 Å². The lowest BCUT2D eigenvalue weighted by Gasteiger charge is -2.22. The number of hydrogen-bond donors (Lipinski definition) is 1. The van der Waals surface area contributed by atoms with E-state index in [1.165, 1.54) is 12.1 Å². The van der Waals surface area contributed by atoms with Crippen LogP contribution in [0, 0.1) is 5.82 Å². The minimum atomic E-state index is -0.273. The molecule has 1 aliphatic heterocycles. The molecule has 250 valence electrons. The average molecular weight is 640 g/mol. The van der Waals surface area contributed by atoms with Gasteiger partial charge in [-0.2, -0.15) is 0 Å². The highest BCUT2D eigenvalue weighted by molar-refractivity contribution is 6.03. The molecule has 7 heteroatoms. The van der Waals surface area contributed by atoms with Gasteiger partial charge in [0, 0.05) is 37.4 Å². The van der Waals surface area contributed by atoms with E-state index in [0.717, 1.165) is 77.8 Å². The number of benzene rings is 3. The summed E-state index contributed by atoms with van der Waals surface area (Å²) >= 11 is 0. The maximum atomic E-state index is 14.0. The van der Waals surface area contributed by atoms with Gasteiger partial charge in [-0.25, -0.2) is 4.39 Å². The summed E-state index contributed by atoms with van der Waals surface area (Å²) in [6.45, 7) is 15.5. The quantitative estimate of drug-likeness (QED) is 0.0525. The Morgan fingerprint density at radius 3 is 2.47 bits per heavy atom. The molecule has 0 atom stereocenters. The zero-order valence-electron chi connectivity index (χ0n) is 28.4. The number of hydrogen-bond acceptors (Lipinski definition) is 5. The minimum Gasteiger partial charge on any atom is -0.494 e. The van der Waals surface area contributed by atoms with E-state index in [9.17, 15) is 4.39 Å². The van der Waals surface area contributed by atoms with Gasteiger partial charge in [-0.05, 0) is 73.4 Å². The van der Waals surface area contributed by atoms with Crippen molar-refractivity contribution < 1.29 is 18.6 Å². The number of ether oxygens (including phenoxy) is 3. The van der Waals surface area contributed by atoms with Gasteiger partial charge in [-0.1, -0.05) is 94.5 Å². The Morgan fingerprint density at radius 1 is 0.979 bits per heavy atom. The number of halogens is 1.